The highest BCUT2D eigenvalue weighted by atomic mass is 16.5. The molecule has 0 saturated heterocycles. The minimum atomic E-state index is -0.555. The Morgan fingerprint density at radius 3 is 2.52 bits per heavy atom. The highest BCUT2D eigenvalue weighted by Gasteiger charge is 2.19. The SMILES string of the molecule is COc1ccc2c(c1)c(N=NC(=O)COc1ccc3ccccc3c1)c(O)n2C(C)C. The minimum absolute atomic E-state index is 0.00761. The quantitative estimate of drug-likeness (QED) is 0.403. The lowest BCUT2D eigenvalue weighted by atomic mass is 10.1. The highest BCUT2D eigenvalue weighted by Crippen LogP contribution is 2.42. The number of aromatic nitrogens is 1. The van der Waals surface area contributed by atoms with Crippen LogP contribution in [-0.4, -0.2) is 29.3 Å². The molecule has 0 radical (unpaired) electrons. The summed E-state index contributed by atoms with van der Waals surface area (Å²) in [4.78, 5) is 12.3. The van der Waals surface area contributed by atoms with Crippen LogP contribution in [0.15, 0.2) is 70.9 Å². The summed E-state index contributed by atoms with van der Waals surface area (Å²) >= 11 is 0. The molecular weight excluding hydrogens is 394 g/mol. The molecule has 0 unspecified atom stereocenters. The lowest BCUT2D eigenvalue weighted by molar-refractivity contribution is -0.120. The molecule has 0 aliphatic heterocycles. The molecule has 3 aromatic carbocycles. The first-order valence-corrected chi connectivity index (χ1v) is 9.95. The Morgan fingerprint density at radius 1 is 1.03 bits per heavy atom. The average molecular weight is 417 g/mol. The van der Waals surface area contributed by atoms with Gasteiger partial charge in [-0.2, -0.15) is 0 Å². The zero-order chi connectivity index (χ0) is 22.0. The van der Waals surface area contributed by atoms with Crippen LogP contribution in [-0.2, 0) is 4.79 Å². The number of aromatic hydroxyl groups is 1. The van der Waals surface area contributed by atoms with Gasteiger partial charge in [-0.05, 0) is 55.0 Å². The predicted molar refractivity (Wildman–Crippen MR) is 120 cm³/mol. The number of fused-ring (bicyclic) bond motifs is 2. The summed E-state index contributed by atoms with van der Waals surface area (Å²) in [6.07, 6.45) is 0. The number of rotatable bonds is 6. The molecule has 158 valence electrons. The first-order valence-electron chi connectivity index (χ1n) is 9.95. The standard InChI is InChI=1S/C24H23N3O4/c1-15(2)27-21-11-10-18(30-3)13-20(21)23(24(27)29)26-25-22(28)14-31-19-9-8-16-6-4-5-7-17(16)12-19/h4-13,15,29H,14H2,1-3H3. The van der Waals surface area contributed by atoms with E-state index in [-0.39, 0.29) is 24.2 Å². The third kappa shape index (κ3) is 4.07. The molecule has 1 amide bonds. The molecule has 1 aromatic heterocycles. The number of hydrogen-bond donors (Lipinski definition) is 1. The lowest BCUT2D eigenvalue weighted by Crippen LogP contribution is -2.07. The fraction of sp³-hybridized carbons (Fsp3) is 0.208. The van der Waals surface area contributed by atoms with E-state index in [2.05, 4.69) is 10.2 Å². The topological polar surface area (TPSA) is 85.4 Å². The van der Waals surface area contributed by atoms with Gasteiger partial charge in [-0.15, -0.1) is 10.2 Å². The van der Waals surface area contributed by atoms with Gasteiger partial charge in [-0.1, -0.05) is 30.3 Å². The van der Waals surface area contributed by atoms with Crippen molar-refractivity contribution in [3.63, 3.8) is 0 Å². The number of methoxy groups -OCH3 is 1. The molecule has 4 rings (SSSR count). The molecule has 0 aliphatic rings. The van der Waals surface area contributed by atoms with Crippen LogP contribution in [0.2, 0.25) is 0 Å². The van der Waals surface area contributed by atoms with E-state index in [4.69, 9.17) is 9.47 Å². The van der Waals surface area contributed by atoms with Crippen LogP contribution in [0.1, 0.15) is 19.9 Å². The third-order valence-electron chi connectivity index (χ3n) is 5.02. The van der Waals surface area contributed by atoms with Crippen molar-refractivity contribution in [3.8, 4) is 17.4 Å². The van der Waals surface area contributed by atoms with Crippen LogP contribution in [0.25, 0.3) is 21.7 Å². The Bertz CT molecular complexity index is 1290. The first-order chi connectivity index (χ1) is 15.0. The summed E-state index contributed by atoms with van der Waals surface area (Å²) in [5, 5.41) is 21.3. The van der Waals surface area contributed by atoms with Crippen LogP contribution in [0, 0.1) is 0 Å². The maximum Gasteiger partial charge on any atom is 0.302 e. The number of nitrogens with zero attached hydrogens (tertiary/aromatic N) is 3. The largest absolute Gasteiger partial charge is 0.497 e. The van der Waals surface area contributed by atoms with Crippen molar-refractivity contribution >= 4 is 33.3 Å². The molecule has 1 N–H and O–H groups in total. The Hall–Kier alpha value is -3.87. The van der Waals surface area contributed by atoms with Crippen LogP contribution in [0.3, 0.4) is 0 Å². The van der Waals surface area contributed by atoms with Crippen molar-refractivity contribution in [2.24, 2.45) is 10.2 Å². The second-order valence-corrected chi connectivity index (χ2v) is 7.41. The van der Waals surface area contributed by atoms with Gasteiger partial charge >= 0.3 is 5.91 Å². The van der Waals surface area contributed by atoms with E-state index in [1.165, 1.54) is 0 Å². The zero-order valence-corrected chi connectivity index (χ0v) is 17.6. The monoisotopic (exact) mass is 417 g/mol. The molecule has 0 fully saturated rings. The molecule has 7 nitrogen and oxygen atoms in total. The van der Waals surface area contributed by atoms with E-state index in [0.717, 1.165) is 16.3 Å². The Morgan fingerprint density at radius 2 is 1.77 bits per heavy atom. The molecule has 0 aliphatic carbocycles. The predicted octanol–water partition coefficient (Wildman–Crippen LogP) is 5.78. The highest BCUT2D eigenvalue weighted by molar-refractivity contribution is 5.96. The fourth-order valence-corrected chi connectivity index (χ4v) is 3.55. The molecule has 1 heterocycles. The normalized spacial score (nSPS) is 11.6. The average Bonchev–Trinajstić information content (AvgIpc) is 3.06. The maximum atomic E-state index is 12.3. The summed E-state index contributed by atoms with van der Waals surface area (Å²) in [7, 11) is 1.56. The van der Waals surface area contributed by atoms with Crippen LogP contribution >= 0.6 is 0 Å². The molecule has 4 aromatic rings. The molecule has 31 heavy (non-hydrogen) atoms. The van der Waals surface area contributed by atoms with Gasteiger partial charge in [0.1, 0.15) is 11.5 Å². The Balaban J connectivity index is 1.55. The second-order valence-electron chi connectivity index (χ2n) is 7.41. The van der Waals surface area contributed by atoms with Gasteiger partial charge in [0.25, 0.3) is 0 Å². The van der Waals surface area contributed by atoms with E-state index in [1.807, 2.05) is 62.4 Å². The summed E-state index contributed by atoms with van der Waals surface area (Å²) in [6, 6.07) is 18.9. The van der Waals surface area contributed by atoms with E-state index in [9.17, 15) is 9.90 Å². The number of azo groups is 1. The van der Waals surface area contributed by atoms with Gasteiger partial charge in [-0.3, -0.25) is 4.79 Å². The van der Waals surface area contributed by atoms with Crippen molar-refractivity contribution in [2.75, 3.05) is 13.7 Å². The van der Waals surface area contributed by atoms with Gasteiger partial charge in [-0.25, -0.2) is 0 Å². The fourth-order valence-electron chi connectivity index (χ4n) is 3.55. The third-order valence-corrected chi connectivity index (χ3v) is 5.02. The maximum absolute atomic E-state index is 12.3. The van der Waals surface area contributed by atoms with E-state index in [0.29, 0.717) is 16.9 Å². The Labute approximate surface area is 179 Å². The van der Waals surface area contributed by atoms with E-state index < -0.39 is 5.91 Å². The van der Waals surface area contributed by atoms with Crippen LogP contribution in [0.4, 0.5) is 5.69 Å². The zero-order valence-electron chi connectivity index (χ0n) is 17.6. The smallest absolute Gasteiger partial charge is 0.302 e. The van der Waals surface area contributed by atoms with Gasteiger partial charge in [0.05, 0.1) is 12.6 Å². The van der Waals surface area contributed by atoms with Gasteiger partial charge < -0.3 is 19.1 Å². The van der Waals surface area contributed by atoms with Crippen molar-refractivity contribution in [3.05, 3.63) is 60.7 Å². The number of carbonyl (C=O) groups excluding carboxylic acids is 1. The molecule has 0 atom stereocenters. The second kappa shape index (κ2) is 8.47. The molecule has 0 saturated carbocycles. The number of ether oxygens (including phenoxy) is 2. The molecular formula is C24H23N3O4. The van der Waals surface area contributed by atoms with E-state index in [1.54, 1.807) is 23.8 Å². The number of hydrogen-bond acceptors (Lipinski definition) is 5. The summed E-state index contributed by atoms with van der Waals surface area (Å²) in [6.45, 7) is 3.65. The number of carbonyl (C=O) groups is 1. The van der Waals surface area contributed by atoms with Crippen LogP contribution < -0.4 is 9.47 Å². The minimum Gasteiger partial charge on any atom is -0.497 e. The van der Waals surface area contributed by atoms with Crippen LogP contribution in [0.5, 0.6) is 17.4 Å². The summed E-state index contributed by atoms with van der Waals surface area (Å²) in [5.41, 5.74) is 1.00. The summed E-state index contributed by atoms with van der Waals surface area (Å²) < 4.78 is 12.6. The Kier molecular flexibility index (Phi) is 5.58. The van der Waals surface area contributed by atoms with Crippen molar-refractivity contribution in [1.82, 2.24) is 4.57 Å². The lowest BCUT2D eigenvalue weighted by Gasteiger charge is -2.10. The molecule has 0 spiro atoms. The molecule has 0 bridgehead atoms. The molecule has 7 heteroatoms. The number of benzene rings is 3. The van der Waals surface area contributed by atoms with Gasteiger partial charge in [0.2, 0.25) is 5.88 Å². The van der Waals surface area contributed by atoms with E-state index >= 15 is 0 Å². The van der Waals surface area contributed by atoms with Gasteiger partial charge in [0.15, 0.2) is 12.3 Å². The van der Waals surface area contributed by atoms with Crippen molar-refractivity contribution in [2.45, 2.75) is 19.9 Å². The first kappa shape index (κ1) is 20.4. The summed E-state index contributed by atoms with van der Waals surface area (Å²) in [5.74, 6) is 0.591. The van der Waals surface area contributed by atoms with Crippen molar-refractivity contribution in [1.29, 1.82) is 0 Å². The van der Waals surface area contributed by atoms with Gasteiger partial charge in [0, 0.05) is 11.4 Å². The number of amides is 1. The van der Waals surface area contributed by atoms with Crippen molar-refractivity contribution < 1.29 is 19.4 Å².